The Bertz CT molecular complexity index is 434. The number of para-hydroxylation sites is 1. The molecule has 1 heterocycles. The largest absolute Gasteiger partial charge is 0.493 e. The number of hydrogen-bond acceptors (Lipinski definition) is 2. The highest BCUT2D eigenvalue weighted by Crippen LogP contribution is 2.18. The van der Waals surface area contributed by atoms with Gasteiger partial charge in [0, 0.05) is 6.07 Å². The standard InChI is InChI=1S/C12H14N2O/c1-2-6-10-9-12(15)14(13-10)11-7-4-3-5-8-11/h3-5,7-9,15H,2,6H2,1H3. The minimum absolute atomic E-state index is 0.199. The van der Waals surface area contributed by atoms with Crippen LogP contribution in [0.25, 0.3) is 5.69 Å². The Hall–Kier alpha value is -1.77. The Kier molecular flexibility index (Phi) is 2.72. The van der Waals surface area contributed by atoms with Gasteiger partial charge in [0.25, 0.3) is 0 Å². The Morgan fingerprint density at radius 1 is 1.27 bits per heavy atom. The van der Waals surface area contributed by atoms with Crippen molar-refractivity contribution in [3.8, 4) is 11.6 Å². The summed E-state index contributed by atoms with van der Waals surface area (Å²) in [6, 6.07) is 11.4. The van der Waals surface area contributed by atoms with Crippen LogP contribution >= 0.6 is 0 Å². The molecule has 1 aromatic carbocycles. The van der Waals surface area contributed by atoms with E-state index in [2.05, 4.69) is 12.0 Å². The molecule has 3 nitrogen and oxygen atoms in total. The molecule has 1 aromatic heterocycles. The number of aromatic hydroxyl groups is 1. The smallest absolute Gasteiger partial charge is 0.214 e. The lowest BCUT2D eigenvalue weighted by molar-refractivity contribution is 0.433. The van der Waals surface area contributed by atoms with Crippen LogP contribution in [0.1, 0.15) is 19.0 Å². The summed E-state index contributed by atoms with van der Waals surface area (Å²) < 4.78 is 1.56. The molecule has 0 spiro atoms. The minimum atomic E-state index is 0.199. The molecule has 0 aliphatic rings. The van der Waals surface area contributed by atoms with Crippen LogP contribution in [-0.2, 0) is 6.42 Å². The summed E-state index contributed by atoms with van der Waals surface area (Å²) in [5, 5.41) is 14.0. The lowest BCUT2D eigenvalue weighted by atomic mass is 10.3. The minimum Gasteiger partial charge on any atom is -0.493 e. The second-order valence-corrected chi connectivity index (χ2v) is 3.49. The van der Waals surface area contributed by atoms with Gasteiger partial charge < -0.3 is 5.11 Å². The van der Waals surface area contributed by atoms with Crippen molar-refractivity contribution in [3.05, 3.63) is 42.1 Å². The predicted molar refractivity (Wildman–Crippen MR) is 59.2 cm³/mol. The molecule has 0 aliphatic heterocycles. The third-order valence-electron chi connectivity index (χ3n) is 2.25. The van der Waals surface area contributed by atoms with E-state index >= 15 is 0 Å². The molecule has 0 saturated carbocycles. The van der Waals surface area contributed by atoms with Gasteiger partial charge in [0.15, 0.2) is 0 Å². The van der Waals surface area contributed by atoms with Crippen LogP contribution in [0.4, 0.5) is 0 Å². The van der Waals surface area contributed by atoms with E-state index in [1.807, 2.05) is 30.3 Å². The zero-order valence-corrected chi connectivity index (χ0v) is 8.72. The number of nitrogens with zero attached hydrogens (tertiary/aromatic N) is 2. The van der Waals surface area contributed by atoms with Crippen molar-refractivity contribution >= 4 is 0 Å². The topological polar surface area (TPSA) is 38.0 Å². The molecule has 0 fully saturated rings. The van der Waals surface area contributed by atoms with E-state index in [0.29, 0.717) is 0 Å². The molecule has 1 N–H and O–H groups in total. The van der Waals surface area contributed by atoms with E-state index in [1.54, 1.807) is 10.7 Å². The average Bonchev–Trinajstić information content (AvgIpc) is 2.61. The van der Waals surface area contributed by atoms with Crippen LogP contribution in [0, 0.1) is 0 Å². The molecule has 15 heavy (non-hydrogen) atoms. The first-order chi connectivity index (χ1) is 7.31. The summed E-state index contributed by atoms with van der Waals surface area (Å²) in [5.41, 5.74) is 1.82. The van der Waals surface area contributed by atoms with Crippen molar-refractivity contribution in [3.63, 3.8) is 0 Å². The van der Waals surface area contributed by atoms with Gasteiger partial charge >= 0.3 is 0 Å². The maximum Gasteiger partial charge on any atom is 0.214 e. The fourth-order valence-corrected chi connectivity index (χ4v) is 1.56. The van der Waals surface area contributed by atoms with Crippen LogP contribution in [-0.4, -0.2) is 14.9 Å². The Labute approximate surface area is 89.0 Å². The second-order valence-electron chi connectivity index (χ2n) is 3.49. The normalized spacial score (nSPS) is 10.5. The van der Waals surface area contributed by atoms with Crippen LogP contribution in [0.2, 0.25) is 0 Å². The molecule has 0 saturated heterocycles. The Balaban J connectivity index is 2.36. The maximum atomic E-state index is 9.71. The first-order valence-corrected chi connectivity index (χ1v) is 5.14. The number of rotatable bonds is 3. The summed E-state index contributed by atoms with van der Waals surface area (Å²) >= 11 is 0. The van der Waals surface area contributed by atoms with E-state index in [-0.39, 0.29) is 5.88 Å². The van der Waals surface area contributed by atoms with Crippen molar-refractivity contribution < 1.29 is 5.11 Å². The summed E-state index contributed by atoms with van der Waals surface area (Å²) in [5.74, 6) is 0.199. The molecule has 0 bridgehead atoms. The summed E-state index contributed by atoms with van der Waals surface area (Å²) in [4.78, 5) is 0. The Morgan fingerprint density at radius 3 is 2.67 bits per heavy atom. The fraction of sp³-hybridized carbons (Fsp3) is 0.250. The predicted octanol–water partition coefficient (Wildman–Crippen LogP) is 2.53. The van der Waals surface area contributed by atoms with Crippen LogP contribution in [0.15, 0.2) is 36.4 Å². The average molecular weight is 202 g/mol. The van der Waals surface area contributed by atoms with Gasteiger partial charge in [-0.3, -0.25) is 0 Å². The van der Waals surface area contributed by atoms with Gasteiger partial charge in [-0.1, -0.05) is 31.5 Å². The third kappa shape index (κ3) is 2.01. The van der Waals surface area contributed by atoms with Crippen molar-refractivity contribution in [2.75, 3.05) is 0 Å². The SMILES string of the molecule is CCCc1cc(O)n(-c2ccccc2)n1. The lowest BCUT2D eigenvalue weighted by Gasteiger charge is -2.01. The number of aryl methyl sites for hydroxylation is 1. The van der Waals surface area contributed by atoms with Gasteiger partial charge in [0.05, 0.1) is 11.4 Å². The number of aromatic nitrogens is 2. The lowest BCUT2D eigenvalue weighted by Crippen LogP contribution is -1.96. The number of hydrogen-bond donors (Lipinski definition) is 1. The van der Waals surface area contributed by atoms with Gasteiger partial charge in [-0.2, -0.15) is 5.10 Å². The van der Waals surface area contributed by atoms with E-state index < -0.39 is 0 Å². The molecule has 0 unspecified atom stereocenters. The molecule has 0 amide bonds. The van der Waals surface area contributed by atoms with E-state index in [4.69, 9.17) is 0 Å². The van der Waals surface area contributed by atoms with Crippen molar-refractivity contribution in [1.29, 1.82) is 0 Å². The molecule has 2 aromatic rings. The van der Waals surface area contributed by atoms with Gasteiger partial charge in [0.1, 0.15) is 0 Å². The highest BCUT2D eigenvalue weighted by atomic mass is 16.3. The van der Waals surface area contributed by atoms with Crippen molar-refractivity contribution in [2.24, 2.45) is 0 Å². The summed E-state index contributed by atoms with van der Waals surface area (Å²) in [7, 11) is 0. The summed E-state index contributed by atoms with van der Waals surface area (Å²) in [6.07, 6.45) is 1.93. The molecule has 0 atom stereocenters. The van der Waals surface area contributed by atoms with Gasteiger partial charge in [-0.05, 0) is 18.6 Å². The molecule has 78 valence electrons. The molecule has 3 heteroatoms. The second kappa shape index (κ2) is 4.17. The van der Waals surface area contributed by atoms with Crippen LogP contribution in [0.3, 0.4) is 0 Å². The van der Waals surface area contributed by atoms with Crippen molar-refractivity contribution in [1.82, 2.24) is 9.78 Å². The molecule has 2 rings (SSSR count). The highest BCUT2D eigenvalue weighted by molar-refractivity contribution is 5.35. The first kappa shape index (κ1) is 9.77. The molecule has 0 aliphatic carbocycles. The van der Waals surface area contributed by atoms with Gasteiger partial charge in [-0.25, -0.2) is 4.68 Å². The van der Waals surface area contributed by atoms with E-state index in [0.717, 1.165) is 24.2 Å². The van der Waals surface area contributed by atoms with Gasteiger partial charge in [0.2, 0.25) is 5.88 Å². The third-order valence-corrected chi connectivity index (χ3v) is 2.25. The maximum absolute atomic E-state index is 9.71. The summed E-state index contributed by atoms with van der Waals surface area (Å²) in [6.45, 7) is 2.10. The first-order valence-electron chi connectivity index (χ1n) is 5.14. The monoisotopic (exact) mass is 202 g/mol. The van der Waals surface area contributed by atoms with Crippen molar-refractivity contribution in [2.45, 2.75) is 19.8 Å². The molecule has 0 radical (unpaired) electrons. The number of benzene rings is 1. The zero-order valence-electron chi connectivity index (χ0n) is 8.72. The highest BCUT2D eigenvalue weighted by Gasteiger charge is 2.06. The zero-order chi connectivity index (χ0) is 10.7. The molecular weight excluding hydrogens is 188 g/mol. The van der Waals surface area contributed by atoms with Crippen LogP contribution in [0.5, 0.6) is 5.88 Å². The van der Waals surface area contributed by atoms with E-state index in [9.17, 15) is 5.11 Å². The Morgan fingerprint density at radius 2 is 2.00 bits per heavy atom. The quantitative estimate of drug-likeness (QED) is 0.830. The molecular formula is C12H14N2O. The fourth-order valence-electron chi connectivity index (χ4n) is 1.56. The van der Waals surface area contributed by atoms with Crippen LogP contribution < -0.4 is 0 Å². The van der Waals surface area contributed by atoms with Gasteiger partial charge in [-0.15, -0.1) is 0 Å². The van der Waals surface area contributed by atoms with E-state index in [1.165, 1.54) is 0 Å².